The predicted octanol–water partition coefficient (Wildman–Crippen LogP) is 4.81. The molecule has 1 amide bonds. The number of hydrogen-bond acceptors (Lipinski definition) is 3. The molecule has 0 fully saturated rings. The number of amides is 1. The Morgan fingerprint density at radius 3 is 2.62 bits per heavy atom. The van der Waals surface area contributed by atoms with E-state index in [2.05, 4.69) is 10.3 Å². The van der Waals surface area contributed by atoms with E-state index >= 15 is 0 Å². The molecule has 0 aliphatic heterocycles. The van der Waals surface area contributed by atoms with E-state index in [1.54, 1.807) is 0 Å². The van der Waals surface area contributed by atoms with Crippen LogP contribution in [-0.2, 0) is 4.74 Å². The number of nitrogens with one attached hydrogen (secondary N) is 2. The van der Waals surface area contributed by atoms with Crippen LogP contribution in [0, 0.1) is 0 Å². The molecule has 0 aliphatic carbocycles. The quantitative estimate of drug-likeness (QED) is 0.692. The van der Waals surface area contributed by atoms with Gasteiger partial charge in [-0.1, -0.05) is 30.3 Å². The summed E-state index contributed by atoms with van der Waals surface area (Å²) in [4.78, 5) is 15.4. The number of alkyl carbamates (subject to hydrolysis) is 1. The summed E-state index contributed by atoms with van der Waals surface area (Å²) in [7, 11) is 0. The first-order valence-corrected chi connectivity index (χ1v) is 8.65. The molecule has 1 heterocycles. The fraction of sp³-hybridized carbons (Fsp3) is 0.286. The van der Waals surface area contributed by atoms with Crippen LogP contribution in [0.5, 0.6) is 5.75 Å². The Balaban J connectivity index is 1.71. The van der Waals surface area contributed by atoms with E-state index in [0.29, 0.717) is 6.61 Å². The summed E-state index contributed by atoms with van der Waals surface area (Å²) < 4.78 is 11.3. The van der Waals surface area contributed by atoms with Gasteiger partial charge >= 0.3 is 6.09 Å². The molecule has 1 atom stereocenters. The van der Waals surface area contributed by atoms with Crippen LogP contribution in [-0.4, -0.2) is 23.3 Å². The summed E-state index contributed by atoms with van der Waals surface area (Å²) in [6, 6.07) is 17.3. The minimum absolute atomic E-state index is 0.301. The Morgan fingerprint density at radius 2 is 1.88 bits per heavy atom. The normalized spacial score (nSPS) is 12.6. The number of benzene rings is 2. The molecule has 0 unspecified atom stereocenters. The van der Waals surface area contributed by atoms with Gasteiger partial charge in [0.1, 0.15) is 18.0 Å². The van der Waals surface area contributed by atoms with Gasteiger partial charge in [0.15, 0.2) is 0 Å². The van der Waals surface area contributed by atoms with Crippen LogP contribution < -0.4 is 10.1 Å². The van der Waals surface area contributed by atoms with Gasteiger partial charge in [0.25, 0.3) is 0 Å². The smallest absolute Gasteiger partial charge is 0.408 e. The fourth-order valence-electron chi connectivity index (χ4n) is 2.65. The number of fused-ring (bicyclic) bond motifs is 1. The number of carbonyl (C=O) groups is 1. The maximum Gasteiger partial charge on any atom is 0.408 e. The van der Waals surface area contributed by atoms with Gasteiger partial charge in [-0.15, -0.1) is 0 Å². The Kier molecular flexibility index (Phi) is 5.16. The Bertz CT molecular complexity index is 866. The van der Waals surface area contributed by atoms with Crippen molar-refractivity contribution in [3.63, 3.8) is 0 Å². The fourth-order valence-corrected chi connectivity index (χ4v) is 2.65. The van der Waals surface area contributed by atoms with E-state index in [1.807, 2.05) is 81.6 Å². The van der Waals surface area contributed by atoms with Gasteiger partial charge in [0, 0.05) is 17.8 Å². The van der Waals surface area contributed by atoms with Crippen molar-refractivity contribution >= 4 is 17.0 Å². The highest BCUT2D eigenvalue weighted by atomic mass is 16.6. The summed E-state index contributed by atoms with van der Waals surface area (Å²) in [5.41, 5.74) is 1.42. The number of aromatic nitrogens is 1. The van der Waals surface area contributed by atoms with Crippen LogP contribution in [0.4, 0.5) is 4.79 Å². The third-order valence-corrected chi connectivity index (χ3v) is 3.84. The molecule has 0 saturated heterocycles. The van der Waals surface area contributed by atoms with E-state index in [0.717, 1.165) is 22.2 Å². The highest BCUT2D eigenvalue weighted by Gasteiger charge is 2.21. The lowest BCUT2D eigenvalue weighted by atomic mass is 10.1. The number of H-pyrrole nitrogens is 1. The van der Waals surface area contributed by atoms with Crippen LogP contribution in [0.25, 0.3) is 10.9 Å². The van der Waals surface area contributed by atoms with Crippen molar-refractivity contribution in [2.24, 2.45) is 0 Å². The Hall–Kier alpha value is -2.95. The van der Waals surface area contributed by atoms with Crippen LogP contribution >= 0.6 is 0 Å². The first-order chi connectivity index (χ1) is 12.4. The van der Waals surface area contributed by atoms with E-state index in [1.165, 1.54) is 0 Å². The first kappa shape index (κ1) is 17.9. The maximum absolute atomic E-state index is 12.2. The van der Waals surface area contributed by atoms with Gasteiger partial charge in [-0.05, 0) is 49.9 Å². The SMILES string of the molecule is CC(C)(C)OC(=O)N[C@@H](COc1ccc2cc[nH]c2c1)c1ccccc1. The molecule has 136 valence electrons. The third-order valence-electron chi connectivity index (χ3n) is 3.84. The Labute approximate surface area is 153 Å². The molecule has 3 aromatic rings. The summed E-state index contributed by atoms with van der Waals surface area (Å²) in [5.74, 6) is 0.742. The van der Waals surface area contributed by atoms with Crippen LogP contribution in [0.1, 0.15) is 32.4 Å². The lowest BCUT2D eigenvalue weighted by molar-refractivity contribution is 0.0487. The standard InChI is InChI=1S/C21H24N2O3/c1-21(2,3)26-20(24)23-19(15-7-5-4-6-8-15)14-25-17-10-9-16-11-12-22-18(16)13-17/h4-13,19,22H,14H2,1-3H3,(H,23,24)/t19-/m0/s1. The monoisotopic (exact) mass is 352 g/mol. The average Bonchev–Trinajstić information content (AvgIpc) is 3.05. The van der Waals surface area contributed by atoms with Crippen molar-refractivity contribution in [3.8, 4) is 5.75 Å². The number of rotatable bonds is 5. The molecule has 0 radical (unpaired) electrons. The molecule has 0 saturated carbocycles. The zero-order chi connectivity index (χ0) is 18.6. The summed E-state index contributed by atoms with van der Waals surface area (Å²) in [5, 5.41) is 4.03. The minimum Gasteiger partial charge on any atom is -0.491 e. The zero-order valence-electron chi connectivity index (χ0n) is 15.3. The lowest BCUT2D eigenvalue weighted by Crippen LogP contribution is -2.37. The van der Waals surface area contributed by atoms with Crippen LogP contribution in [0.2, 0.25) is 0 Å². The molecule has 0 spiro atoms. The summed E-state index contributed by atoms with van der Waals surface area (Å²) >= 11 is 0. The average molecular weight is 352 g/mol. The van der Waals surface area contributed by atoms with E-state index < -0.39 is 11.7 Å². The van der Waals surface area contributed by atoms with Crippen LogP contribution in [0.15, 0.2) is 60.8 Å². The second-order valence-electron chi connectivity index (χ2n) is 7.15. The summed E-state index contributed by atoms with van der Waals surface area (Å²) in [6.07, 6.45) is 1.43. The number of hydrogen-bond donors (Lipinski definition) is 2. The molecule has 5 heteroatoms. The highest BCUT2D eigenvalue weighted by molar-refractivity contribution is 5.80. The minimum atomic E-state index is -0.551. The first-order valence-electron chi connectivity index (χ1n) is 8.65. The highest BCUT2D eigenvalue weighted by Crippen LogP contribution is 2.22. The largest absolute Gasteiger partial charge is 0.491 e. The molecule has 5 nitrogen and oxygen atoms in total. The van der Waals surface area contributed by atoms with Crippen molar-refractivity contribution in [3.05, 3.63) is 66.4 Å². The third kappa shape index (κ3) is 4.79. The van der Waals surface area contributed by atoms with E-state index in [9.17, 15) is 4.79 Å². The molecular formula is C21H24N2O3. The van der Waals surface area contributed by atoms with Gasteiger partial charge in [-0.2, -0.15) is 0 Å². The number of ether oxygens (including phenoxy) is 2. The van der Waals surface area contributed by atoms with Crippen LogP contribution in [0.3, 0.4) is 0 Å². The van der Waals surface area contributed by atoms with Gasteiger partial charge in [-0.25, -0.2) is 4.79 Å². The van der Waals surface area contributed by atoms with Gasteiger partial charge < -0.3 is 19.8 Å². The Morgan fingerprint density at radius 1 is 1.12 bits per heavy atom. The number of carbonyl (C=O) groups excluding carboxylic acids is 1. The predicted molar refractivity (Wildman–Crippen MR) is 102 cm³/mol. The van der Waals surface area contributed by atoms with Gasteiger partial charge in [0.2, 0.25) is 0 Å². The topological polar surface area (TPSA) is 63.4 Å². The van der Waals surface area contributed by atoms with Crippen molar-refractivity contribution in [1.29, 1.82) is 0 Å². The molecule has 2 N–H and O–H groups in total. The van der Waals surface area contributed by atoms with E-state index in [-0.39, 0.29) is 6.04 Å². The molecule has 3 rings (SSSR count). The lowest BCUT2D eigenvalue weighted by Gasteiger charge is -2.24. The van der Waals surface area contributed by atoms with Crippen molar-refractivity contribution < 1.29 is 14.3 Å². The van der Waals surface area contributed by atoms with Gasteiger partial charge in [-0.3, -0.25) is 0 Å². The molecule has 0 bridgehead atoms. The maximum atomic E-state index is 12.2. The van der Waals surface area contributed by atoms with Crippen molar-refractivity contribution in [2.75, 3.05) is 6.61 Å². The summed E-state index contributed by atoms with van der Waals surface area (Å²) in [6.45, 7) is 5.82. The molecule has 0 aliphatic rings. The molecule has 1 aromatic heterocycles. The number of aromatic amines is 1. The van der Waals surface area contributed by atoms with Gasteiger partial charge in [0.05, 0.1) is 6.04 Å². The zero-order valence-corrected chi connectivity index (χ0v) is 15.3. The second kappa shape index (κ2) is 7.52. The second-order valence-corrected chi connectivity index (χ2v) is 7.15. The van der Waals surface area contributed by atoms with Crippen molar-refractivity contribution in [2.45, 2.75) is 32.4 Å². The van der Waals surface area contributed by atoms with Crippen molar-refractivity contribution in [1.82, 2.24) is 10.3 Å². The molecular weight excluding hydrogens is 328 g/mol. The molecule has 26 heavy (non-hydrogen) atoms. The molecule has 2 aromatic carbocycles. The van der Waals surface area contributed by atoms with E-state index in [4.69, 9.17) is 9.47 Å².